The summed E-state index contributed by atoms with van der Waals surface area (Å²) in [5, 5.41) is 13.9. The van der Waals surface area contributed by atoms with Gasteiger partial charge in [-0.3, -0.25) is 14.5 Å². The molecule has 11 heteroatoms. The minimum atomic E-state index is -3.84. The minimum Gasteiger partial charge on any atom is -0.481 e. The number of carbonyl (C=O) groups is 2. The van der Waals surface area contributed by atoms with Crippen LogP contribution in [0.5, 0.6) is 0 Å². The van der Waals surface area contributed by atoms with Crippen LogP contribution in [0.1, 0.15) is 18.6 Å². The first-order valence-electron chi connectivity index (χ1n) is 8.35. The van der Waals surface area contributed by atoms with Gasteiger partial charge in [0.15, 0.2) is 0 Å². The summed E-state index contributed by atoms with van der Waals surface area (Å²) in [4.78, 5) is 24.8. The Hall–Kier alpha value is -2.47. The van der Waals surface area contributed by atoms with Crippen molar-refractivity contribution in [3.63, 3.8) is 0 Å². The van der Waals surface area contributed by atoms with Crippen LogP contribution in [0.3, 0.4) is 0 Å². The molecule has 1 fully saturated rings. The summed E-state index contributed by atoms with van der Waals surface area (Å²) < 4.78 is 29.1. The zero-order valence-electron chi connectivity index (χ0n) is 14.9. The summed E-state index contributed by atoms with van der Waals surface area (Å²) in [6, 6.07) is 9.33. The van der Waals surface area contributed by atoms with Crippen LogP contribution in [0.4, 0.5) is 0 Å². The van der Waals surface area contributed by atoms with E-state index in [0.29, 0.717) is 32.7 Å². The Bertz CT molecular complexity index is 1120. The molecule has 8 nitrogen and oxygen atoms in total. The lowest BCUT2D eigenvalue weighted by molar-refractivity contribution is -0.137. The third-order valence-corrected chi connectivity index (χ3v) is 6.28. The molecule has 0 saturated carbocycles. The van der Waals surface area contributed by atoms with Crippen LogP contribution in [0.25, 0.3) is 17.4 Å². The first kappa shape index (κ1) is 21.2. The number of thiocarbonyl (C=S) groups is 1. The van der Waals surface area contributed by atoms with Crippen molar-refractivity contribution in [2.75, 3.05) is 6.54 Å². The van der Waals surface area contributed by atoms with Gasteiger partial charge in [0.1, 0.15) is 15.8 Å². The highest BCUT2D eigenvalue weighted by atomic mass is 32.2. The number of hydrogen-bond donors (Lipinski definition) is 2. The lowest BCUT2D eigenvalue weighted by Gasteiger charge is -2.13. The molecule has 0 aliphatic carbocycles. The number of furan rings is 1. The zero-order chi connectivity index (χ0) is 21.2. The van der Waals surface area contributed by atoms with Crippen LogP contribution < -0.4 is 5.14 Å². The summed E-state index contributed by atoms with van der Waals surface area (Å²) in [5.74, 6) is -0.425. The second-order valence-corrected chi connectivity index (χ2v) is 9.34. The van der Waals surface area contributed by atoms with E-state index in [1.165, 1.54) is 17.0 Å². The highest BCUT2D eigenvalue weighted by Crippen LogP contribution is 2.34. The fourth-order valence-electron chi connectivity index (χ4n) is 2.62. The normalized spacial score (nSPS) is 16.0. The van der Waals surface area contributed by atoms with E-state index in [2.05, 4.69) is 0 Å². The van der Waals surface area contributed by atoms with Gasteiger partial charge in [0.2, 0.25) is 10.0 Å². The largest absolute Gasteiger partial charge is 0.481 e. The molecular weight excluding hydrogens is 436 g/mol. The van der Waals surface area contributed by atoms with Gasteiger partial charge in [-0.1, -0.05) is 36.1 Å². The number of nitrogens with zero attached hydrogens (tertiary/aromatic N) is 1. The van der Waals surface area contributed by atoms with Crippen LogP contribution in [-0.2, 0) is 19.6 Å². The number of rotatable bonds is 7. The van der Waals surface area contributed by atoms with Crippen LogP contribution in [0.15, 0.2) is 50.6 Å². The van der Waals surface area contributed by atoms with Gasteiger partial charge in [0.05, 0.1) is 9.80 Å². The number of carbonyl (C=O) groups excluding carboxylic acids is 1. The summed E-state index contributed by atoms with van der Waals surface area (Å²) in [6.07, 6.45) is 1.80. The summed E-state index contributed by atoms with van der Waals surface area (Å²) in [6.45, 7) is 0.234. The maximum atomic E-state index is 12.5. The monoisotopic (exact) mass is 452 g/mol. The summed E-state index contributed by atoms with van der Waals surface area (Å²) in [5.41, 5.74) is 0.525. The highest BCUT2D eigenvalue weighted by Gasteiger charge is 2.32. The molecule has 1 aromatic heterocycles. The zero-order valence-corrected chi connectivity index (χ0v) is 17.4. The van der Waals surface area contributed by atoms with Crippen molar-refractivity contribution in [3.8, 4) is 11.3 Å². The van der Waals surface area contributed by atoms with E-state index < -0.39 is 16.0 Å². The average molecular weight is 453 g/mol. The van der Waals surface area contributed by atoms with Crippen molar-refractivity contribution < 1.29 is 27.5 Å². The SMILES string of the molecule is NS(=O)(=O)c1cccc(-c2ccc(C=C3SC(=S)N(CCCC(=O)O)C3=O)o2)c1. The van der Waals surface area contributed by atoms with Gasteiger partial charge in [0.25, 0.3) is 5.91 Å². The molecule has 0 bridgehead atoms. The molecule has 0 radical (unpaired) electrons. The van der Waals surface area contributed by atoms with E-state index >= 15 is 0 Å². The molecule has 0 atom stereocenters. The van der Waals surface area contributed by atoms with Gasteiger partial charge >= 0.3 is 5.97 Å². The van der Waals surface area contributed by atoms with Gasteiger partial charge < -0.3 is 9.52 Å². The fraction of sp³-hybridized carbons (Fsp3) is 0.167. The van der Waals surface area contributed by atoms with E-state index in [4.69, 9.17) is 26.9 Å². The first-order chi connectivity index (χ1) is 13.6. The van der Waals surface area contributed by atoms with Gasteiger partial charge in [-0.25, -0.2) is 13.6 Å². The second-order valence-electron chi connectivity index (χ2n) is 6.11. The molecule has 1 aromatic carbocycles. The number of carboxylic acid groups (broad SMARTS) is 1. The van der Waals surface area contributed by atoms with Gasteiger partial charge in [-0.15, -0.1) is 0 Å². The standard InChI is InChI=1S/C18H16N2O6S3/c19-29(24,25)13-4-1-3-11(9-13)14-7-6-12(26-14)10-15-17(23)20(18(27)28-15)8-2-5-16(21)22/h1,3-4,6-7,9-10H,2,5,8H2,(H,21,22)(H2,19,24,25). The Balaban J connectivity index is 1.78. The van der Waals surface area contributed by atoms with Gasteiger partial charge in [0, 0.05) is 24.6 Å². The van der Waals surface area contributed by atoms with E-state index in [1.54, 1.807) is 30.3 Å². The van der Waals surface area contributed by atoms with Crippen LogP contribution in [0, 0.1) is 0 Å². The number of primary sulfonamides is 1. The van der Waals surface area contributed by atoms with E-state index in [-0.39, 0.29) is 23.8 Å². The van der Waals surface area contributed by atoms with Crippen molar-refractivity contribution in [1.29, 1.82) is 0 Å². The third-order valence-electron chi connectivity index (χ3n) is 3.99. The highest BCUT2D eigenvalue weighted by molar-refractivity contribution is 8.26. The fourth-order valence-corrected chi connectivity index (χ4v) is 4.47. The molecule has 29 heavy (non-hydrogen) atoms. The molecule has 1 saturated heterocycles. The molecule has 2 heterocycles. The molecule has 0 unspecified atom stereocenters. The Morgan fingerprint density at radius 3 is 2.76 bits per heavy atom. The lowest BCUT2D eigenvalue weighted by atomic mass is 10.2. The Kier molecular flexibility index (Phi) is 6.22. The second kappa shape index (κ2) is 8.49. The number of sulfonamides is 1. The summed E-state index contributed by atoms with van der Waals surface area (Å²) in [7, 11) is -3.84. The number of nitrogens with two attached hydrogens (primary N) is 1. The molecule has 2 aromatic rings. The van der Waals surface area contributed by atoms with Crippen molar-refractivity contribution in [2.24, 2.45) is 5.14 Å². The molecular formula is C18H16N2O6S3. The number of amides is 1. The number of carboxylic acids is 1. The maximum absolute atomic E-state index is 12.5. The number of thioether (sulfide) groups is 1. The Labute approximate surface area is 176 Å². The Morgan fingerprint density at radius 2 is 2.07 bits per heavy atom. The van der Waals surface area contributed by atoms with Gasteiger partial charge in [-0.05, 0) is 30.7 Å². The summed E-state index contributed by atoms with van der Waals surface area (Å²) >= 11 is 6.31. The number of aliphatic carboxylic acids is 1. The van der Waals surface area contributed by atoms with Crippen molar-refractivity contribution in [3.05, 3.63) is 47.1 Å². The van der Waals surface area contributed by atoms with Crippen LogP contribution in [0.2, 0.25) is 0 Å². The molecule has 152 valence electrons. The Morgan fingerprint density at radius 1 is 1.31 bits per heavy atom. The minimum absolute atomic E-state index is 0.0322. The van der Waals surface area contributed by atoms with Gasteiger partial charge in [-0.2, -0.15) is 0 Å². The van der Waals surface area contributed by atoms with Crippen molar-refractivity contribution in [1.82, 2.24) is 4.90 Å². The van der Waals surface area contributed by atoms with E-state index in [1.807, 2.05) is 0 Å². The molecule has 1 aliphatic heterocycles. The van der Waals surface area contributed by atoms with Crippen LogP contribution in [-0.4, -0.2) is 41.2 Å². The van der Waals surface area contributed by atoms with Crippen LogP contribution >= 0.6 is 24.0 Å². The molecule has 1 aliphatic rings. The lowest BCUT2D eigenvalue weighted by Crippen LogP contribution is -2.29. The van der Waals surface area contributed by atoms with E-state index in [0.717, 1.165) is 11.8 Å². The van der Waals surface area contributed by atoms with E-state index in [9.17, 15) is 18.0 Å². The average Bonchev–Trinajstić information content (AvgIpc) is 3.21. The van der Waals surface area contributed by atoms with Crippen molar-refractivity contribution in [2.45, 2.75) is 17.7 Å². The smallest absolute Gasteiger partial charge is 0.303 e. The maximum Gasteiger partial charge on any atom is 0.303 e. The number of benzene rings is 1. The van der Waals surface area contributed by atoms with Crippen molar-refractivity contribution >= 4 is 56.3 Å². The predicted molar refractivity (Wildman–Crippen MR) is 112 cm³/mol. The third kappa shape index (κ3) is 5.12. The molecule has 3 N–H and O–H groups in total. The molecule has 3 rings (SSSR count). The topological polar surface area (TPSA) is 131 Å². The molecule has 1 amide bonds. The first-order valence-corrected chi connectivity index (χ1v) is 11.1. The predicted octanol–water partition coefficient (Wildman–Crippen LogP) is 2.66. The quantitative estimate of drug-likeness (QED) is 0.484. The number of hydrogen-bond acceptors (Lipinski definition) is 7. The molecule has 0 spiro atoms.